The number of benzene rings is 1. The van der Waals surface area contributed by atoms with E-state index in [1.54, 1.807) is 36.4 Å². The molecule has 0 unspecified atom stereocenters. The van der Waals surface area contributed by atoms with Crippen molar-refractivity contribution in [2.75, 3.05) is 5.32 Å². The molecule has 1 aromatic carbocycles. The average Bonchev–Trinajstić information content (AvgIpc) is 2.82. The van der Waals surface area contributed by atoms with Crippen LogP contribution in [0.25, 0.3) is 6.08 Å². The summed E-state index contributed by atoms with van der Waals surface area (Å²) in [5.74, 6) is 3.73. The number of amides is 1. The molecule has 0 radical (unpaired) electrons. The molecule has 0 aliphatic rings. The molecule has 0 spiro atoms. The van der Waals surface area contributed by atoms with Gasteiger partial charge >= 0.3 is 0 Å². The second-order valence-electron chi connectivity index (χ2n) is 4.00. The van der Waals surface area contributed by atoms with Crippen LogP contribution in [0.1, 0.15) is 17.1 Å². The molecule has 3 heteroatoms. The third-order valence-corrected chi connectivity index (χ3v) is 2.46. The van der Waals surface area contributed by atoms with Gasteiger partial charge in [-0.2, -0.15) is 0 Å². The number of hydrogen-bond donors (Lipinski definition) is 1. The zero-order valence-corrected chi connectivity index (χ0v) is 10.5. The van der Waals surface area contributed by atoms with E-state index in [0.29, 0.717) is 11.4 Å². The van der Waals surface area contributed by atoms with Gasteiger partial charge in [-0.15, -0.1) is 6.42 Å². The van der Waals surface area contributed by atoms with Crippen LogP contribution in [0.15, 0.2) is 46.9 Å². The van der Waals surface area contributed by atoms with Crippen LogP contribution < -0.4 is 5.32 Å². The maximum atomic E-state index is 11.7. The molecule has 1 aromatic heterocycles. The second-order valence-corrected chi connectivity index (χ2v) is 4.00. The fraction of sp³-hybridized carbons (Fsp3) is 0.0625. The summed E-state index contributed by atoms with van der Waals surface area (Å²) >= 11 is 0. The van der Waals surface area contributed by atoms with Gasteiger partial charge < -0.3 is 9.73 Å². The van der Waals surface area contributed by atoms with Gasteiger partial charge in [0.15, 0.2) is 0 Å². The second kappa shape index (κ2) is 5.74. The summed E-state index contributed by atoms with van der Waals surface area (Å²) in [5, 5.41) is 2.73. The van der Waals surface area contributed by atoms with Gasteiger partial charge in [0.25, 0.3) is 0 Å². The van der Waals surface area contributed by atoms with Gasteiger partial charge in [-0.1, -0.05) is 12.0 Å². The minimum Gasteiger partial charge on any atom is -0.462 e. The number of furan rings is 1. The Bertz CT molecular complexity index is 659. The van der Waals surface area contributed by atoms with Crippen molar-refractivity contribution in [1.29, 1.82) is 0 Å². The van der Waals surface area contributed by atoms with E-state index >= 15 is 0 Å². The first-order valence-corrected chi connectivity index (χ1v) is 5.79. The van der Waals surface area contributed by atoms with E-state index in [2.05, 4.69) is 11.2 Å². The first kappa shape index (κ1) is 12.7. The average molecular weight is 251 g/mol. The van der Waals surface area contributed by atoms with Gasteiger partial charge in [-0.25, -0.2) is 0 Å². The molecule has 0 bridgehead atoms. The molecule has 0 atom stereocenters. The Kier molecular flexibility index (Phi) is 3.84. The zero-order valence-electron chi connectivity index (χ0n) is 10.5. The molecule has 0 aliphatic carbocycles. The Morgan fingerprint density at radius 2 is 2.21 bits per heavy atom. The minimum absolute atomic E-state index is 0.233. The monoisotopic (exact) mass is 251 g/mol. The molecule has 3 nitrogen and oxygen atoms in total. The van der Waals surface area contributed by atoms with Crippen molar-refractivity contribution in [3.63, 3.8) is 0 Å². The van der Waals surface area contributed by atoms with Crippen LogP contribution in [0, 0.1) is 19.3 Å². The molecular weight excluding hydrogens is 238 g/mol. The van der Waals surface area contributed by atoms with Crippen molar-refractivity contribution in [2.45, 2.75) is 6.92 Å². The fourth-order valence-electron chi connectivity index (χ4n) is 1.57. The molecule has 0 saturated carbocycles. The third-order valence-electron chi connectivity index (χ3n) is 2.46. The molecule has 0 fully saturated rings. The smallest absolute Gasteiger partial charge is 0.248 e. The topological polar surface area (TPSA) is 42.2 Å². The van der Waals surface area contributed by atoms with Gasteiger partial charge in [0, 0.05) is 17.3 Å². The SMILES string of the molecule is C#Cc1cccc(NC(=O)C=Cc2ccc(C)o2)c1. The van der Waals surface area contributed by atoms with E-state index in [1.165, 1.54) is 6.08 Å². The minimum atomic E-state index is -0.233. The Balaban J connectivity index is 2.01. The molecule has 1 amide bonds. The first-order valence-electron chi connectivity index (χ1n) is 5.79. The molecular formula is C16H13NO2. The Labute approximate surface area is 111 Å². The molecule has 2 aromatic rings. The molecule has 0 saturated heterocycles. The standard InChI is InChI=1S/C16H13NO2/c1-3-13-5-4-6-14(11-13)17-16(18)10-9-15-8-7-12(2)19-15/h1,4-11H,2H3,(H,17,18). The Morgan fingerprint density at radius 3 is 2.89 bits per heavy atom. The number of nitrogens with one attached hydrogen (secondary N) is 1. The lowest BCUT2D eigenvalue weighted by Crippen LogP contribution is -2.07. The summed E-state index contributed by atoms with van der Waals surface area (Å²) in [6.07, 6.45) is 8.33. The maximum absolute atomic E-state index is 11.7. The van der Waals surface area contributed by atoms with Gasteiger partial charge in [0.1, 0.15) is 11.5 Å². The van der Waals surface area contributed by atoms with E-state index < -0.39 is 0 Å². The Hall–Kier alpha value is -2.73. The fourth-order valence-corrected chi connectivity index (χ4v) is 1.57. The van der Waals surface area contributed by atoms with Gasteiger partial charge in [0.2, 0.25) is 5.91 Å². The normalized spacial score (nSPS) is 10.3. The number of carbonyl (C=O) groups is 1. The molecule has 19 heavy (non-hydrogen) atoms. The largest absolute Gasteiger partial charge is 0.462 e. The van der Waals surface area contributed by atoms with Crippen LogP contribution in [0.5, 0.6) is 0 Å². The van der Waals surface area contributed by atoms with Crippen LogP contribution in [0.3, 0.4) is 0 Å². The molecule has 2 rings (SSSR count). The van der Waals surface area contributed by atoms with E-state index in [0.717, 1.165) is 11.3 Å². The lowest BCUT2D eigenvalue weighted by atomic mass is 10.2. The van der Waals surface area contributed by atoms with Crippen LogP contribution in [0.2, 0.25) is 0 Å². The van der Waals surface area contributed by atoms with Crippen molar-refractivity contribution < 1.29 is 9.21 Å². The predicted octanol–water partition coefficient (Wildman–Crippen LogP) is 3.22. The highest BCUT2D eigenvalue weighted by Crippen LogP contribution is 2.11. The van der Waals surface area contributed by atoms with Gasteiger partial charge in [0.05, 0.1) is 0 Å². The summed E-state index contributed by atoms with van der Waals surface area (Å²) in [4.78, 5) is 11.7. The molecule has 94 valence electrons. The van der Waals surface area contributed by atoms with E-state index in [9.17, 15) is 4.79 Å². The summed E-state index contributed by atoms with van der Waals surface area (Å²) < 4.78 is 5.33. The summed E-state index contributed by atoms with van der Waals surface area (Å²) in [6.45, 7) is 1.85. The Morgan fingerprint density at radius 1 is 1.37 bits per heavy atom. The van der Waals surface area contributed by atoms with Crippen molar-refractivity contribution in [1.82, 2.24) is 0 Å². The molecule has 0 aliphatic heterocycles. The van der Waals surface area contributed by atoms with E-state index in [4.69, 9.17) is 10.8 Å². The van der Waals surface area contributed by atoms with Gasteiger partial charge in [-0.3, -0.25) is 4.79 Å². The van der Waals surface area contributed by atoms with Crippen LogP contribution >= 0.6 is 0 Å². The van der Waals surface area contributed by atoms with E-state index in [-0.39, 0.29) is 5.91 Å². The highest BCUT2D eigenvalue weighted by atomic mass is 16.3. The predicted molar refractivity (Wildman–Crippen MR) is 75.5 cm³/mol. The number of carbonyl (C=O) groups excluding carboxylic acids is 1. The number of aryl methyl sites for hydroxylation is 1. The number of terminal acetylenes is 1. The summed E-state index contributed by atoms with van der Waals surface area (Å²) in [6, 6.07) is 10.8. The van der Waals surface area contributed by atoms with Gasteiger partial charge in [-0.05, 0) is 43.3 Å². The lowest BCUT2D eigenvalue weighted by Gasteiger charge is -2.01. The quantitative estimate of drug-likeness (QED) is 0.672. The molecule has 1 N–H and O–H groups in total. The van der Waals surface area contributed by atoms with Crippen molar-refractivity contribution >= 4 is 17.7 Å². The van der Waals surface area contributed by atoms with Crippen LogP contribution in [0.4, 0.5) is 5.69 Å². The van der Waals surface area contributed by atoms with Crippen molar-refractivity contribution in [3.8, 4) is 12.3 Å². The lowest BCUT2D eigenvalue weighted by molar-refractivity contribution is -0.111. The highest BCUT2D eigenvalue weighted by molar-refractivity contribution is 6.01. The van der Waals surface area contributed by atoms with E-state index in [1.807, 2.05) is 13.0 Å². The first-order chi connectivity index (χ1) is 9.17. The third kappa shape index (κ3) is 3.62. The number of hydrogen-bond acceptors (Lipinski definition) is 2. The highest BCUT2D eigenvalue weighted by Gasteiger charge is 1.99. The number of rotatable bonds is 3. The number of anilines is 1. The van der Waals surface area contributed by atoms with Crippen LogP contribution in [-0.2, 0) is 4.79 Å². The van der Waals surface area contributed by atoms with Crippen molar-refractivity contribution in [2.24, 2.45) is 0 Å². The van der Waals surface area contributed by atoms with Crippen molar-refractivity contribution in [3.05, 3.63) is 59.6 Å². The van der Waals surface area contributed by atoms with Crippen LogP contribution in [-0.4, -0.2) is 5.91 Å². The molecule has 1 heterocycles. The maximum Gasteiger partial charge on any atom is 0.248 e. The zero-order chi connectivity index (χ0) is 13.7. The summed E-state index contributed by atoms with van der Waals surface area (Å²) in [5.41, 5.74) is 1.39. The summed E-state index contributed by atoms with van der Waals surface area (Å²) in [7, 11) is 0.